The minimum Gasteiger partial charge on any atom is -0.481 e. The third-order valence-electron chi connectivity index (χ3n) is 3.08. The van der Waals surface area contributed by atoms with E-state index in [1.54, 1.807) is 11.5 Å². The van der Waals surface area contributed by atoms with Gasteiger partial charge in [0.1, 0.15) is 5.69 Å². The van der Waals surface area contributed by atoms with Gasteiger partial charge < -0.3 is 15.0 Å². The zero-order valence-electron chi connectivity index (χ0n) is 10.9. The van der Waals surface area contributed by atoms with Gasteiger partial charge in [0.05, 0.1) is 17.5 Å². The van der Waals surface area contributed by atoms with Crippen molar-refractivity contribution < 1.29 is 19.6 Å². The fraction of sp³-hybridized carbons (Fsp3) is 0.500. The van der Waals surface area contributed by atoms with Gasteiger partial charge in [-0.15, -0.1) is 0 Å². The molecule has 1 atom stereocenters. The molecule has 1 amide bonds. The first kappa shape index (κ1) is 14.0. The minimum atomic E-state index is -1.01. The van der Waals surface area contributed by atoms with Crippen LogP contribution >= 0.6 is 0 Å². The molecule has 1 heterocycles. The van der Waals surface area contributed by atoms with E-state index >= 15 is 0 Å². The number of amides is 1. The van der Waals surface area contributed by atoms with Crippen molar-refractivity contribution in [2.45, 2.75) is 38.3 Å². The Morgan fingerprint density at radius 1 is 1.60 bits per heavy atom. The minimum absolute atomic E-state index is 0.124. The number of aliphatic carboxylic acids is 1. The van der Waals surface area contributed by atoms with Crippen molar-refractivity contribution in [2.24, 2.45) is 0 Å². The van der Waals surface area contributed by atoms with Crippen LogP contribution in [0.25, 0.3) is 0 Å². The van der Waals surface area contributed by atoms with E-state index in [4.69, 9.17) is 5.11 Å². The largest absolute Gasteiger partial charge is 0.481 e. The number of nitrogens with zero attached hydrogens (tertiary/aromatic N) is 2. The van der Waals surface area contributed by atoms with Crippen LogP contribution in [0.15, 0.2) is 12.3 Å². The third kappa shape index (κ3) is 3.14. The van der Waals surface area contributed by atoms with E-state index in [0.717, 1.165) is 12.8 Å². The van der Waals surface area contributed by atoms with Crippen molar-refractivity contribution in [3.05, 3.63) is 28.1 Å². The first-order valence-electron chi connectivity index (χ1n) is 6.27. The Morgan fingerprint density at radius 2 is 2.25 bits per heavy atom. The summed E-state index contributed by atoms with van der Waals surface area (Å²) in [6.45, 7) is 1.57. The van der Waals surface area contributed by atoms with Gasteiger partial charge in [-0.05, 0) is 19.8 Å². The lowest BCUT2D eigenvalue weighted by molar-refractivity contribution is -0.384. The van der Waals surface area contributed by atoms with Crippen molar-refractivity contribution in [1.82, 2.24) is 9.88 Å². The molecule has 8 nitrogen and oxygen atoms in total. The lowest BCUT2D eigenvalue weighted by Gasteiger charge is -2.12. The number of hydrogen-bond donors (Lipinski definition) is 2. The van der Waals surface area contributed by atoms with E-state index < -0.39 is 22.8 Å². The number of aromatic nitrogens is 1. The van der Waals surface area contributed by atoms with Crippen LogP contribution in [-0.2, 0) is 4.79 Å². The maximum atomic E-state index is 12.1. The Labute approximate surface area is 114 Å². The summed E-state index contributed by atoms with van der Waals surface area (Å²) in [4.78, 5) is 32.9. The molecular formula is C12H15N3O5. The Bertz CT molecular complexity index is 561. The number of nitrogens with one attached hydrogen (secondary N) is 1. The first-order valence-corrected chi connectivity index (χ1v) is 6.27. The molecule has 1 saturated carbocycles. The maximum absolute atomic E-state index is 12.1. The highest BCUT2D eigenvalue weighted by Crippen LogP contribution is 2.37. The van der Waals surface area contributed by atoms with Crippen molar-refractivity contribution in [1.29, 1.82) is 0 Å². The van der Waals surface area contributed by atoms with Crippen LogP contribution in [0, 0.1) is 10.1 Å². The van der Waals surface area contributed by atoms with Crippen LogP contribution in [0.5, 0.6) is 0 Å². The second-order valence-electron chi connectivity index (χ2n) is 4.95. The molecule has 1 aliphatic carbocycles. The summed E-state index contributed by atoms with van der Waals surface area (Å²) in [5.41, 5.74) is 0.0735. The number of carboxylic acid groups (broad SMARTS) is 1. The van der Waals surface area contributed by atoms with Crippen molar-refractivity contribution in [3.63, 3.8) is 0 Å². The summed E-state index contributed by atoms with van der Waals surface area (Å²) < 4.78 is 1.60. The third-order valence-corrected chi connectivity index (χ3v) is 3.08. The second-order valence-corrected chi connectivity index (χ2v) is 4.95. The smallest absolute Gasteiger partial charge is 0.305 e. The lowest BCUT2D eigenvalue weighted by Crippen LogP contribution is -2.35. The molecule has 1 aliphatic rings. The second kappa shape index (κ2) is 5.32. The normalized spacial score (nSPS) is 15.7. The summed E-state index contributed by atoms with van der Waals surface area (Å²) in [5, 5.41) is 22.0. The van der Waals surface area contributed by atoms with E-state index in [0.29, 0.717) is 0 Å². The molecule has 2 rings (SSSR count). The molecule has 8 heteroatoms. The summed E-state index contributed by atoms with van der Waals surface area (Å²) in [7, 11) is 0. The molecule has 0 saturated heterocycles. The number of rotatable bonds is 6. The van der Waals surface area contributed by atoms with Gasteiger partial charge in [0, 0.05) is 18.2 Å². The molecule has 1 unspecified atom stereocenters. The zero-order chi connectivity index (χ0) is 14.9. The maximum Gasteiger partial charge on any atom is 0.305 e. The summed E-state index contributed by atoms with van der Waals surface area (Å²) in [6, 6.07) is 0.807. The molecule has 108 valence electrons. The predicted octanol–water partition coefficient (Wildman–Crippen LogP) is 1.32. The fourth-order valence-electron chi connectivity index (χ4n) is 2.01. The Morgan fingerprint density at radius 3 is 2.75 bits per heavy atom. The van der Waals surface area contributed by atoms with E-state index in [1.165, 1.54) is 12.3 Å². The standard InChI is InChI=1S/C12H15N3O5/c1-7(4-11(16)17)13-12(18)10-5-9(15(19)20)6-14(10)8-2-3-8/h5-8H,2-4H2,1H3,(H,13,18)(H,16,17). The van der Waals surface area contributed by atoms with Gasteiger partial charge in [-0.25, -0.2) is 0 Å². The van der Waals surface area contributed by atoms with Crippen LogP contribution < -0.4 is 5.32 Å². The molecule has 1 aromatic heterocycles. The fourth-order valence-corrected chi connectivity index (χ4v) is 2.01. The summed E-state index contributed by atoms with van der Waals surface area (Å²) in [6.07, 6.45) is 2.93. The van der Waals surface area contributed by atoms with Gasteiger partial charge in [-0.3, -0.25) is 19.7 Å². The molecule has 0 aliphatic heterocycles. The van der Waals surface area contributed by atoms with Crippen LogP contribution in [-0.4, -0.2) is 32.5 Å². The highest BCUT2D eigenvalue weighted by Gasteiger charge is 2.30. The van der Waals surface area contributed by atoms with Gasteiger partial charge in [0.25, 0.3) is 11.6 Å². The highest BCUT2D eigenvalue weighted by atomic mass is 16.6. The molecule has 0 radical (unpaired) electrons. The number of nitro groups is 1. The molecule has 0 aromatic carbocycles. The van der Waals surface area contributed by atoms with Gasteiger partial charge in [0.15, 0.2) is 0 Å². The zero-order valence-corrected chi connectivity index (χ0v) is 10.9. The van der Waals surface area contributed by atoms with Gasteiger partial charge in [0.2, 0.25) is 0 Å². The van der Waals surface area contributed by atoms with E-state index in [2.05, 4.69) is 5.32 Å². The topological polar surface area (TPSA) is 114 Å². The average molecular weight is 281 g/mol. The van der Waals surface area contributed by atoms with E-state index in [-0.39, 0.29) is 23.8 Å². The van der Waals surface area contributed by atoms with Gasteiger partial charge in [-0.1, -0.05) is 0 Å². The van der Waals surface area contributed by atoms with Crippen molar-refractivity contribution in [2.75, 3.05) is 0 Å². The van der Waals surface area contributed by atoms with Crippen LogP contribution in [0.2, 0.25) is 0 Å². The molecule has 2 N–H and O–H groups in total. The Balaban J connectivity index is 2.16. The molecule has 1 aromatic rings. The van der Waals surface area contributed by atoms with Crippen LogP contribution in [0.1, 0.15) is 42.7 Å². The molecule has 20 heavy (non-hydrogen) atoms. The Hall–Kier alpha value is -2.38. The average Bonchev–Trinajstić information content (AvgIpc) is 3.06. The van der Waals surface area contributed by atoms with Gasteiger partial charge in [-0.2, -0.15) is 0 Å². The number of carboxylic acids is 1. The number of carbonyl (C=O) groups excluding carboxylic acids is 1. The van der Waals surface area contributed by atoms with E-state index in [1.807, 2.05) is 0 Å². The van der Waals surface area contributed by atoms with Crippen LogP contribution in [0.3, 0.4) is 0 Å². The number of hydrogen-bond acceptors (Lipinski definition) is 4. The highest BCUT2D eigenvalue weighted by molar-refractivity contribution is 5.94. The Kier molecular flexibility index (Phi) is 3.73. The van der Waals surface area contributed by atoms with Crippen molar-refractivity contribution in [3.8, 4) is 0 Å². The summed E-state index contributed by atoms with van der Waals surface area (Å²) >= 11 is 0. The number of carbonyl (C=O) groups is 2. The molecule has 0 spiro atoms. The monoisotopic (exact) mass is 281 g/mol. The van der Waals surface area contributed by atoms with Crippen LogP contribution in [0.4, 0.5) is 5.69 Å². The lowest BCUT2D eigenvalue weighted by atomic mass is 10.2. The quantitative estimate of drug-likeness (QED) is 0.603. The summed E-state index contributed by atoms with van der Waals surface area (Å²) in [5.74, 6) is -1.50. The molecular weight excluding hydrogens is 266 g/mol. The first-order chi connectivity index (χ1) is 9.38. The molecule has 1 fully saturated rings. The van der Waals surface area contributed by atoms with E-state index in [9.17, 15) is 19.7 Å². The molecule has 0 bridgehead atoms. The SMILES string of the molecule is CC(CC(=O)O)NC(=O)c1cc([N+](=O)[O-])cn1C1CC1. The predicted molar refractivity (Wildman–Crippen MR) is 68.5 cm³/mol. The van der Waals surface area contributed by atoms with Gasteiger partial charge >= 0.3 is 5.97 Å². The van der Waals surface area contributed by atoms with Crippen molar-refractivity contribution >= 4 is 17.6 Å².